The fourth-order valence-electron chi connectivity index (χ4n) is 4.09. The van der Waals surface area contributed by atoms with Crippen LogP contribution < -0.4 is 5.32 Å². The lowest BCUT2D eigenvalue weighted by molar-refractivity contribution is -0.172. The van der Waals surface area contributed by atoms with Crippen LogP contribution in [0, 0.1) is 21.0 Å². The zero-order valence-corrected chi connectivity index (χ0v) is 21.0. The number of halogens is 5. The predicted octanol–water partition coefficient (Wildman–Crippen LogP) is 5.03. The van der Waals surface area contributed by atoms with Crippen molar-refractivity contribution in [3.63, 3.8) is 0 Å². The number of hydrogen-bond donors (Lipinski definition) is 2. The van der Waals surface area contributed by atoms with E-state index in [9.17, 15) is 27.9 Å². The van der Waals surface area contributed by atoms with Crippen LogP contribution in [-0.2, 0) is 16.1 Å². The summed E-state index contributed by atoms with van der Waals surface area (Å²) in [5, 5.41) is 16.0. The topological polar surface area (TPSA) is 72.9 Å². The molecule has 0 bridgehead atoms. The van der Waals surface area contributed by atoms with Gasteiger partial charge in [0.2, 0.25) is 0 Å². The van der Waals surface area contributed by atoms with E-state index in [0.717, 1.165) is 23.6 Å². The van der Waals surface area contributed by atoms with Gasteiger partial charge in [-0.2, -0.15) is 0 Å². The summed E-state index contributed by atoms with van der Waals surface area (Å²) < 4.78 is 42.8. The molecule has 1 aliphatic carbocycles. The summed E-state index contributed by atoms with van der Waals surface area (Å²) in [6.07, 6.45) is 1.68. The molecular formula is C22H18BrF3IN3O3. The van der Waals surface area contributed by atoms with Crippen LogP contribution >= 0.6 is 38.5 Å². The average Bonchev–Trinajstić information content (AvgIpc) is 2.71. The van der Waals surface area contributed by atoms with Gasteiger partial charge >= 0.3 is 0 Å². The fourth-order valence-corrected chi connectivity index (χ4v) is 4.91. The molecule has 1 saturated carbocycles. The highest BCUT2D eigenvalue weighted by molar-refractivity contribution is 14.1. The highest BCUT2D eigenvalue weighted by atomic mass is 127. The maximum absolute atomic E-state index is 14.3. The number of likely N-dealkylation sites (N-methyl/N-ethyl adjacent to an activating group) is 1. The summed E-state index contributed by atoms with van der Waals surface area (Å²) in [6.45, 7) is -0.338. The zero-order chi connectivity index (χ0) is 24.1. The Morgan fingerprint density at radius 3 is 2.55 bits per heavy atom. The summed E-state index contributed by atoms with van der Waals surface area (Å²) in [5.41, 5.74) is -1.50. The van der Waals surface area contributed by atoms with Crippen LogP contribution in [0.3, 0.4) is 0 Å². The van der Waals surface area contributed by atoms with Gasteiger partial charge in [0.15, 0.2) is 11.6 Å². The van der Waals surface area contributed by atoms with E-state index in [-0.39, 0.29) is 28.0 Å². The lowest BCUT2D eigenvalue weighted by Gasteiger charge is -2.54. The van der Waals surface area contributed by atoms with Gasteiger partial charge in [-0.05, 0) is 76.0 Å². The molecule has 1 fully saturated rings. The summed E-state index contributed by atoms with van der Waals surface area (Å²) in [7, 11) is 1.56. The number of amides is 2. The van der Waals surface area contributed by atoms with E-state index in [4.69, 9.17) is 0 Å². The minimum atomic E-state index is -1.09. The van der Waals surface area contributed by atoms with Gasteiger partial charge in [-0.3, -0.25) is 14.6 Å². The highest BCUT2D eigenvalue weighted by Crippen LogP contribution is 2.47. The molecule has 1 spiro atoms. The lowest BCUT2D eigenvalue weighted by Crippen LogP contribution is -2.65. The molecule has 11 heteroatoms. The van der Waals surface area contributed by atoms with Gasteiger partial charge in [0.25, 0.3) is 11.8 Å². The number of anilines is 1. The molecule has 4 rings (SSSR count). The van der Waals surface area contributed by atoms with E-state index in [1.807, 2.05) is 22.6 Å². The van der Waals surface area contributed by atoms with Crippen molar-refractivity contribution in [2.24, 2.45) is 0 Å². The number of rotatable bonds is 4. The van der Waals surface area contributed by atoms with E-state index >= 15 is 0 Å². The Morgan fingerprint density at radius 1 is 1.24 bits per heavy atom. The second-order valence-corrected chi connectivity index (χ2v) is 9.87. The standard InChI is InChI=1S/C22H18BrF3IN3O3/c1-29-22(6-3-7-22)19(31)16(20(32)28-12-8-14(25)17(23)15(27)9-12)21(33)30(29)10-11-4-2-5-13(24)18(11)26/h2,4-5,8-9,31H,3,6-7,10H2,1H3,(H,28,32). The Hall–Kier alpha value is -2.12. The number of aliphatic hydroxyl groups excluding tert-OH is 1. The van der Waals surface area contributed by atoms with E-state index < -0.39 is 40.4 Å². The van der Waals surface area contributed by atoms with Gasteiger partial charge in [-0.1, -0.05) is 12.1 Å². The monoisotopic (exact) mass is 635 g/mol. The van der Waals surface area contributed by atoms with Crippen molar-refractivity contribution in [1.29, 1.82) is 0 Å². The van der Waals surface area contributed by atoms with Crippen LogP contribution in [0.2, 0.25) is 0 Å². The minimum absolute atomic E-state index is 0.0737. The second kappa shape index (κ2) is 8.91. The number of aliphatic hydroxyl groups is 1. The number of hydrogen-bond acceptors (Lipinski definition) is 4. The van der Waals surface area contributed by atoms with Crippen LogP contribution in [0.4, 0.5) is 18.9 Å². The Morgan fingerprint density at radius 2 is 1.94 bits per heavy atom. The van der Waals surface area contributed by atoms with Gasteiger partial charge in [-0.25, -0.2) is 18.2 Å². The van der Waals surface area contributed by atoms with E-state index in [0.29, 0.717) is 16.4 Å². The normalized spacial score (nSPS) is 18.0. The van der Waals surface area contributed by atoms with Crippen molar-refractivity contribution in [3.05, 3.63) is 72.7 Å². The quantitative estimate of drug-likeness (QED) is 0.281. The van der Waals surface area contributed by atoms with Gasteiger partial charge < -0.3 is 10.4 Å². The maximum Gasteiger partial charge on any atom is 0.277 e. The molecule has 33 heavy (non-hydrogen) atoms. The van der Waals surface area contributed by atoms with E-state index in [1.54, 1.807) is 7.05 Å². The molecule has 2 aliphatic rings. The number of carbonyl (C=O) groups is 2. The van der Waals surface area contributed by atoms with Crippen LogP contribution in [0.25, 0.3) is 0 Å². The lowest BCUT2D eigenvalue weighted by atomic mass is 9.72. The van der Waals surface area contributed by atoms with Crippen molar-refractivity contribution in [1.82, 2.24) is 10.0 Å². The van der Waals surface area contributed by atoms with Crippen molar-refractivity contribution >= 4 is 56.0 Å². The maximum atomic E-state index is 14.3. The first-order valence-electron chi connectivity index (χ1n) is 9.95. The number of nitrogens with one attached hydrogen (secondary N) is 1. The molecule has 2 N–H and O–H groups in total. The van der Waals surface area contributed by atoms with Crippen molar-refractivity contribution < 1.29 is 27.9 Å². The van der Waals surface area contributed by atoms with Gasteiger partial charge in [0.1, 0.15) is 17.1 Å². The van der Waals surface area contributed by atoms with Crippen molar-refractivity contribution in [2.45, 2.75) is 31.3 Å². The van der Waals surface area contributed by atoms with Crippen LogP contribution in [-0.4, -0.2) is 39.5 Å². The molecule has 174 valence electrons. The molecule has 0 radical (unpaired) electrons. The third-order valence-electron chi connectivity index (χ3n) is 6.11. The first-order valence-corrected chi connectivity index (χ1v) is 11.8. The molecule has 0 atom stereocenters. The Kier molecular flexibility index (Phi) is 6.49. The predicted molar refractivity (Wildman–Crippen MR) is 126 cm³/mol. The highest BCUT2D eigenvalue weighted by Gasteiger charge is 2.54. The SMILES string of the molecule is CN1N(Cc2cccc(F)c2F)C(=O)C(C(=O)Nc2cc(F)c(Br)c(I)c2)=C(O)C12CCC2. The molecule has 2 aromatic rings. The Labute approximate surface area is 209 Å². The van der Waals surface area contributed by atoms with Gasteiger partial charge in [0, 0.05) is 21.9 Å². The Balaban J connectivity index is 1.71. The third kappa shape index (κ3) is 4.03. The van der Waals surface area contributed by atoms with Crippen LogP contribution in [0.15, 0.2) is 46.1 Å². The first-order chi connectivity index (χ1) is 15.6. The number of benzene rings is 2. The largest absolute Gasteiger partial charge is 0.509 e. The zero-order valence-electron chi connectivity index (χ0n) is 17.3. The molecular weight excluding hydrogens is 618 g/mol. The molecule has 0 unspecified atom stereocenters. The fraction of sp³-hybridized carbons (Fsp3) is 0.273. The number of carbonyl (C=O) groups excluding carboxylic acids is 2. The molecule has 1 heterocycles. The van der Waals surface area contributed by atoms with E-state index in [2.05, 4.69) is 21.2 Å². The minimum Gasteiger partial charge on any atom is -0.509 e. The number of hydrazine groups is 1. The summed E-state index contributed by atoms with van der Waals surface area (Å²) >= 11 is 4.98. The Bertz CT molecular complexity index is 1180. The first kappa shape index (κ1) is 24.0. The van der Waals surface area contributed by atoms with Gasteiger partial charge in [0.05, 0.1) is 16.6 Å². The van der Waals surface area contributed by atoms with Crippen LogP contribution in [0.1, 0.15) is 24.8 Å². The molecule has 1 aliphatic heterocycles. The number of nitrogens with zero attached hydrogens (tertiary/aromatic N) is 2. The van der Waals surface area contributed by atoms with Crippen molar-refractivity contribution in [2.75, 3.05) is 12.4 Å². The smallest absolute Gasteiger partial charge is 0.277 e. The molecule has 2 amide bonds. The third-order valence-corrected chi connectivity index (χ3v) is 8.51. The van der Waals surface area contributed by atoms with Crippen LogP contribution in [0.5, 0.6) is 0 Å². The molecule has 0 aromatic heterocycles. The molecule has 2 aromatic carbocycles. The summed E-state index contributed by atoms with van der Waals surface area (Å²) in [6, 6.07) is 6.22. The summed E-state index contributed by atoms with van der Waals surface area (Å²) in [5.74, 6) is -4.93. The molecule has 6 nitrogen and oxygen atoms in total. The molecule has 0 saturated heterocycles. The van der Waals surface area contributed by atoms with Crippen molar-refractivity contribution in [3.8, 4) is 0 Å². The average molecular weight is 636 g/mol. The summed E-state index contributed by atoms with van der Waals surface area (Å²) in [4.78, 5) is 26.4. The van der Waals surface area contributed by atoms with Gasteiger partial charge in [-0.15, -0.1) is 0 Å². The second-order valence-electron chi connectivity index (χ2n) is 7.92. The van der Waals surface area contributed by atoms with E-state index in [1.165, 1.54) is 23.2 Å².